The number of aryl methyl sites for hydroxylation is 1. The van der Waals surface area contributed by atoms with E-state index in [0.29, 0.717) is 48.2 Å². The number of rotatable bonds is 9. The highest BCUT2D eigenvalue weighted by atomic mass is 35.5. The summed E-state index contributed by atoms with van der Waals surface area (Å²) in [5.74, 6) is 3.55. The van der Waals surface area contributed by atoms with E-state index in [1.165, 1.54) is 30.5 Å². The number of allylic oxidation sites excluding steroid dienone is 2. The SMILES string of the molecule is C#CCNC.CCl.Cc1ccc(C2CCN[C@@H]2C)cc1.N/C(=C\C(CCCO)=C(/N)c1ccc(C=O)cc1)c1ncccn1. The lowest BCUT2D eigenvalue weighted by Crippen LogP contribution is -2.21. The Hall–Kier alpha value is -4.00. The normalized spacial score (nSPS) is 16.0. The molecule has 2 aromatic carbocycles. The summed E-state index contributed by atoms with van der Waals surface area (Å²) in [6.45, 7) is 6.30. The van der Waals surface area contributed by atoms with E-state index in [9.17, 15) is 4.79 Å². The van der Waals surface area contributed by atoms with Gasteiger partial charge in [0, 0.05) is 48.6 Å². The zero-order chi connectivity index (χ0) is 32.7. The molecule has 0 radical (unpaired) electrons. The minimum atomic E-state index is 0.0520. The Balaban J connectivity index is 0.000000402. The second-order valence-electron chi connectivity index (χ2n) is 9.96. The Morgan fingerprint density at radius 1 is 1.14 bits per heavy atom. The summed E-state index contributed by atoms with van der Waals surface area (Å²) in [6.07, 6.45) is 14.4. The Kier molecular flexibility index (Phi) is 19.5. The van der Waals surface area contributed by atoms with Crippen molar-refractivity contribution in [2.45, 2.75) is 45.1 Å². The number of aromatic nitrogens is 2. The molecule has 1 saturated heterocycles. The number of nitrogens with zero attached hydrogens (tertiary/aromatic N) is 2. The van der Waals surface area contributed by atoms with Crippen molar-refractivity contribution in [2.75, 3.05) is 33.1 Å². The van der Waals surface area contributed by atoms with E-state index < -0.39 is 0 Å². The van der Waals surface area contributed by atoms with Crippen LogP contribution in [0.25, 0.3) is 11.4 Å². The Morgan fingerprint density at radius 3 is 2.25 bits per heavy atom. The molecule has 1 aliphatic rings. The average molecular weight is 619 g/mol. The number of alkyl halides is 1. The minimum absolute atomic E-state index is 0.0520. The van der Waals surface area contributed by atoms with Gasteiger partial charge in [-0.05, 0) is 75.5 Å². The number of nitrogens with one attached hydrogen (secondary N) is 2. The summed E-state index contributed by atoms with van der Waals surface area (Å²) in [4.78, 5) is 19.0. The molecule has 1 aliphatic heterocycles. The molecular weight excluding hydrogens is 572 g/mol. The molecule has 7 N–H and O–H groups in total. The average Bonchev–Trinajstić information content (AvgIpc) is 3.51. The fourth-order valence-corrected chi connectivity index (χ4v) is 4.41. The van der Waals surface area contributed by atoms with Gasteiger partial charge in [0.05, 0.1) is 12.2 Å². The quantitative estimate of drug-likeness (QED) is 0.0989. The van der Waals surface area contributed by atoms with Crippen molar-refractivity contribution in [1.82, 2.24) is 20.6 Å². The Morgan fingerprint density at radius 2 is 1.77 bits per heavy atom. The molecule has 1 fully saturated rings. The molecule has 0 saturated carbocycles. The van der Waals surface area contributed by atoms with Crippen molar-refractivity contribution in [1.29, 1.82) is 0 Å². The third kappa shape index (κ3) is 13.5. The number of aldehydes is 1. The van der Waals surface area contributed by atoms with E-state index >= 15 is 0 Å². The third-order valence-electron chi connectivity index (χ3n) is 6.77. The van der Waals surface area contributed by atoms with Crippen molar-refractivity contribution in [3.05, 3.63) is 107 Å². The van der Waals surface area contributed by atoms with Gasteiger partial charge in [0.25, 0.3) is 0 Å². The molecule has 8 nitrogen and oxygen atoms in total. The van der Waals surface area contributed by atoms with Crippen LogP contribution in [0.5, 0.6) is 0 Å². The lowest BCUT2D eigenvalue weighted by atomic mass is 9.92. The van der Waals surface area contributed by atoms with Crippen molar-refractivity contribution < 1.29 is 9.90 Å². The molecule has 3 aromatic rings. The van der Waals surface area contributed by atoms with Gasteiger partial charge in [-0.3, -0.25) is 4.79 Å². The maximum atomic E-state index is 10.8. The number of carbonyl (C=O) groups is 1. The first-order chi connectivity index (χ1) is 21.3. The smallest absolute Gasteiger partial charge is 0.175 e. The van der Waals surface area contributed by atoms with Crippen LogP contribution >= 0.6 is 11.6 Å². The van der Waals surface area contributed by atoms with Gasteiger partial charge in [-0.2, -0.15) is 0 Å². The molecule has 2 atom stereocenters. The summed E-state index contributed by atoms with van der Waals surface area (Å²) in [7, 11) is 1.82. The van der Waals surface area contributed by atoms with Crippen LogP contribution in [0.1, 0.15) is 65.0 Å². The monoisotopic (exact) mass is 618 g/mol. The standard InChI is InChI=1S/C18H20N4O2.C12H17N.C4H7N.CH3Cl/c19-16(18-21-8-2-9-22-18)11-15(3-1-10-23)17(20)14-6-4-13(12-24)5-7-14;1-9-3-5-11(6-4-9)12-7-8-13-10(12)2;1-3-4-5-2;1-2/h2,4-9,11-12,23H,1,3,10,19-20H2;3-6,10,12-13H,7-8H2,1-2H3;1,5H,4H2,2H3;1H3/b16-11-,17-15-;;;/t;10-,12?;;/m.1../s1. The molecule has 0 amide bonds. The molecule has 2 heterocycles. The van der Waals surface area contributed by atoms with Gasteiger partial charge in [0.15, 0.2) is 5.82 Å². The molecule has 0 bridgehead atoms. The highest BCUT2D eigenvalue weighted by molar-refractivity contribution is 6.15. The molecule has 44 heavy (non-hydrogen) atoms. The fourth-order valence-electron chi connectivity index (χ4n) is 4.41. The number of benzene rings is 2. The summed E-state index contributed by atoms with van der Waals surface area (Å²) in [6, 6.07) is 18.3. The second-order valence-corrected chi connectivity index (χ2v) is 9.96. The number of nitrogens with two attached hydrogens (primary N) is 2. The van der Waals surface area contributed by atoms with E-state index in [2.05, 4.69) is 76.2 Å². The summed E-state index contributed by atoms with van der Waals surface area (Å²) in [5.41, 5.74) is 18.3. The number of halogens is 1. The first kappa shape index (κ1) is 38.0. The van der Waals surface area contributed by atoms with E-state index in [4.69, 9.17) is 23.0 Å². The van der Waals surface area contributed by atoms with Crippen LogP contribution in [0, 0.1) is 19.3 Å². The van der Waals surface area contributed by atoms with Crippen LogP contribution in [0.2, 0.25) is 0 Å². The molecular formula is C35H47ClN6O2. The van der Waals surface area contributed by atoms with Crippen molar-refractivity contribution in [2.24, 2.45) is 11.5 Å². The van der Waals surface area contributed by atoms with Gasteiger partial charge in [-0.25, -0.2) is 9.97 Å². The highest BCUT2D eigenvalue weighted by Crippen LogP contribution is 2.27. The lowest BCUT2D eigenvalue weighted by Gasteiger charge is -2.15. The second kappa shape index (κ2) is 22.5. The number of terminal acetylenes is 1. The summed E-state index contributed by atoms with van der Waals surface area (Å²) in [5, 5.41) is 15.4. The Bertz CT molecular complexity index is 1320. The lowest BCUT2D eigenvalue weighted by molar-refractivity contribution is 0.112. The molecule has 1 aromatic heterocycles. The van der Waals surface area contributed by atoms with E-state index in [0.717, 1.165) is 23.3 Å². The predicted octanol–water partition coefficient (Wildman–Crippen LogP) is 4.89. The first-order valence-electron chi connectivity index (χ1n) is 14.5. The number of aliphatic hydroxyl groups excluding tert-OH is 1. The zero-order valence-corrected chi connectivity index (χ0v) is 27.0. The van der Waals surface area contributed by atoms with Crippen molar-refractivity contribution in [3.8, 4) is 12.3 Å². The van der Waals surface area contributed by atoms with Gasteiger partial charge in [-0.15, -0.1) is 18.0 Å². The van der Waals surface area contributed by atoms with Crippen LogP contribution in [0.3, 0.4) is 0 Å². The van der Waals surface area contributed by atoms with Crippen LogP contribution in [-0.2, 0) is 0 Å². The summed E-state index contributed by atoms with van der Waals surface area (Å²) < 4.78 is 0. The molecule has 1 unspecified atom stereocenters. The topological polar surface area (TPSA) is 139 Å². The Labute approximate surface area is 268 Å². The van der Waals surface area contributed by atoms with Crippen LogP contribution < -0.4 is 22.1 Å². The van der Waals surface area contributed by atoms with Crippen LogP contribution in [-0.4, -0.2) is 60.5 Å². The molecule has 0 spiro atoms. The van der Waals surface area contributed by atoms with E-state index in [-0.39, 0.29) is 6.61 Å². The minimum Gasteiger partial charge on any atom is -0.398 e. The van der Waals surface area contributed by atoms with Gasteiger partial charge in [0.1, 0.15) is 6.29 Å². The van der Waals surface area contributed by atoms with E-state index in [1.807, 2.05) is 7.05 Å². The first-order valence-corrected chi connectivity index (χ1v) is 15.3. The van der Waals surface area contributed by atoms with Crippen molar-refractivity contribution >= 4 is 29.3 Å². The molecule has 4 rings (SSSR count). The maximum Gasteiger partial charge on any atom is 0.175 e. The fraction of sp³-hybridized carbons (Fsp3) is 0.343. The van der Waals surface area contributed by atoms with Crippen LogP contribution in [0.4, 0.5) is 0 Å². The molecule has 9 heteroatoms. The van der Waals surface area contributed by atoms with Gasteiger partial charge in [0.2, 0.25) is 0 Å². The number of carbonyl (C=O) groups excluding carboxylic acids is 1. The van der Waals surface area contributed by atoms with Gasteiger partial charge < -0.3 is 27.2 Å². The van der Waals surface area contributed by atoms with Gasteiger partial charge in [-0.1, -0.05) is 60.0 Å². The van der Waals surface area contributed by atoms with Crippen LogP contribution in [0.15, 0.2) is 78.6 Å². The third-order valence-corrected chi connectivity index (χ3v) is 6.77. The maximum absolute atomic E-state index is 10.8. The molecule has 0 aliphatic carbocycles. The summed E-state index contributed by atoms with van der Waals surface area (Å²) >= 11 is 4.64. The van der Waals surface area contributed by atoms with Crippen molar-refractivity contribution in [3.63, 3.8) is 0 Å². The highest BCUT2D eigenvalue weighted by Gasteiger charge is 2.23. The number of hydrogen-bond acceptors (Lipinski definition) is 8. The predicted molar refractivity (Wildman–Crippen MR) is 184 cm³/mol. The number of aliphatic hydroxyl groups is 1. The molecule has 236 valence electrons. The largest absolute Gasteiger partial charge is 0.398 e. The van der Waals surface area contributed by atoms with Gasteiger partial charge >= 0.3 is 0 Å². The zero-order valence-electron chi connectivity index (χ0n) is 26.3. The van der Waals surface area contributed by atoms with E-state index in [1.54, 1.807) is 48.8 Å². The number of hydrogen-bond donors (Lipinski definition) is 5.